The minimum absolute atomic E-state index is 0.0462. The second-order valence-corrected chi connectivity index (χ2v) is 8.56. The summed E-state index contributed by atoms with van der Waals surface area (Å²) >= 11 is 1.65. The van der Waals surface area contributed by atoms with Crippen molar-refractivity contribution in [3.63, 3.8) is 0 Å². The lowest BCUT2D eigenvalue weighted by atomic mass is 9.84. The number of ether oxygens (including phenoxy) is 2. The Morgan fingerprint density at radius 2 is 2.03 bits per heavy atom. The first kappa shape index (κ1) is 21.2. The second-order valence-electron chi connectivity index (χ2n) is 7.52. The number of benzene rings is 1. The van der Waals surface area contributed by atoms with E-state index in [1.165, 1.54) is 0 Å². The molecule has 0 spiro atoms. The van der Waals surface area contributed by atoms with E-state index >= 15 is 0 Å². The molecule has 0 radical (unpaired) electrons. The number of methoxy groups -OCH3 is 2. The van der Waals surface area contributed by atoms with Gasteiger partial charge >= 0.3 is 0 Å². The molecule has 156 valence electrons. The van der Waals surface area contributed by atoms with Crippen LogP contribution in [0.15, 0.2) is 35.7 Å². The first-order valence-corrected chi connectivity index (χ1v) is 10.6. The summed E-state index contributed by atoms with van der Waals surface area (Å²) in [5.74, 6) is 1.47. The molecule has 1 saturated heterocycles. The van der Waals surface area contributed by atoms with Gasteiger partial charge in [-0.15, -0.1) is 11.3 Å². The largest absolute Gasteiger partial charge is 0.493 e. The van der Waals surface area contributed by atoms with Gasteiger partial charge < -0.3 is 19.7 Å². The Morgan fingerprint density at radius 3 is 2.66 bits per heavy atom. The van der Waals surface area contributed by atoms with Gasteiger partial charge in [0.15, 0.2) is 11.5 Å². The van der Waals surface area contributed by atoms with E-state index in [-0.39, 0.29) is 11.8 Å². The molecule has 1 aliphatic rings. The summed E-state index contributed by atoms with van der Waals surface area (Å²) in [6, 6.07) is 9.82. The quantitative estimate of drug-likeness (QED) is 0.680. The first-order chi connectivity index (χ1) is 13.9. The van der Waals surface area contributed by atoms with E-state index in [1.807, 2.05) is 42.8 Å². The van der Waals surface area contributed by atoms with E-state index in [2.05, 4.69) is 5.32 Å². The lowest BCUT2D eigenvalue weighted by Crippen LogP contribution is -2.44. The highest BCUT2D eigenvalue weighted by Crippen LogP contribution is 2.33. The summed E-state index contributed by atoms with van der Waals surface area (Å²) in [5.41, 5.74) is 0.639. The van der Waals surface area contributed by atoms with Crippen molar-refractivity contribution in [3.8, 4) is 11.5 Å². The minimum Gasteiger partial charge on any atom is -0.493 e. The average molecular weight is 417 g/mol. The maximum Gasteiger partial charge on any atom is 0.222 e. The SMILES string of the molecule is COc1ccc(CC2(CCC(=O)N(C)Cc3cccs3)CCC(=O)N2)cc1OC. The zero-order valence-corrected chi connectivity index (χ0v) is 18.0. The number of rotatable bonds is 9. The average Bonchev–Trinajstić information content (AvgIpc) is 3.36. The maximum absolute atomic E-state index is 12.7. The van der Waals surface area contributed by atoms with Crippen molar-refractivity contribution >= 4 is 23.2 Å². The van der Waals surface area contributed by atoms with E-state index in [1.54, 1.807) is 30.5 Å². The zero-order valence-electron chi connectivity index (χ0n) is 17.2. The fourth-order valence-corrected chi connectivity index (χ4v) is 4.58. The van der Waals surface area contributed by atoms with E-state index in [0.717, 1.165) is 16.9 Å². The summed E-state index contributed by atoms with van der Waals surface area (Å²) in [5, 5.41) is 5.16. The molecule has 7 heteroatoms. The fourth-order valence-electron chi connectivity index (χ4n) is 3.82. The number of carbonyl (C=O) groups is 2. The molecule has 6 nitrogen and oxygen atoms in total. The molecule has 1 aromatic carbocycles. The second kappa shape index (κ2) is 9.31. The monoisotopic (exact) mass is 416 g/mol. The van der Waals surface area contributed by atoms with Gasteiger partial charge in [-0.3, -0.25) is 9.59 Å². The van der Waals surface area contributed by atoms with E-state index in [0.29, 0.717) is 43.7 Å². The smallest absolute Gasteiger partial charge is 0.222 e. The molecule has 29 heavy (non-hydrogen) atoms. The van der Waals surface area contributed by atoms with Crippen LogP contribution in [0.4, 0.5) is 0 Å². The normalized spacial score (nSPS) is 18.4. The lowest BCUT2D eigenvalue weighted by Gasteiger charge is -2.30. The van der Waals surface area contributed by atoms with Crippen molar-refractivity contribution in [1.82, 2.24) is 10.2 Å². The van der Waals surface area contributed by atoms with Gasteiger partial charge in [0, 0.05) is 30.3 Å². The van der Waals surface area contributed by atoms with Gasteiger partial charge in [0.05, 0.1) is 20.8 Å². The van der Waals surface area contributed by atoms with Crippen LogP contribution in [-0.4, -0.2) is 43.5 Å². The molecule has 2 aromatic rings. The van der Waals surface area contributed by atoms with Crippen molar-refractivity contribution in [2.75, 3.05) is 21.3 Å². The number of thiophene rings is 1. The third kappa shape index (κ3) is 5.29. The Hall–Kier alpha value is -2.54. The lowest BCUT2D eigenvalue weighted by molar-refractivity contribution is -0.131. The standard InChI is InChI=1S/C22H28N2O4S/c1-24(15-17-5-4-12-29-17)21(26)9-11-22(10-8-20(25)23-22)14-16-6-7-18(27-2)19(13-16)28-3/h4-7,12-13H,8-11,14-15H2,1-3H3,(H,23,25). The molecule has 1 N–H and O–H groups in total. The van der Waals surface area contributed by atoms with Crippen LogP contribution in [0.5, 0.6) is 11.5 Å². The molecule has 1 fully saturated rings. The summed E-state index contributed by atoms with van der Waals surface area (Å²) < 4.78 is 10.7. The summed E-state index contributed by atoms with van der Waals surface area (Å²) in [7, 11) is 5.04. The zero-order chi connectivity index (χ0) is 20.9. The molecule has 2 amide bonds. The number of hydrogen-bond donors (Lipinski definition) is 1. The Morgan fingerprint density at radius 1 is 1.24 bits per heavy atom. The summed E-state index contributed by atoms with van der Waals surface area (Å²) in [6.07, 6.45) is 2.88. The van der Waals surface area contributed by atoms with Crippen LogP contribution in [-0.2, 0) is 22.6 Å². The first-order valence-electron chi connectivity index (χ1n) is 9.73. The molecule has 1 aromatic heterocycles. The number of hydrogen-bond acceptors (Lipinski definition) is 5. The summed E-state index contributed by atoms with van der Waals surface area (Å²) in [6.45, 7) is 0.617. The topological polar surface area (TPSA) is 67.9 Å². The van der Waals surface area contributed by atoms with Crippen LogP contribution in [0.1, 0.15) is 36.1 Å². The molecule has 3 rings (SSSR count). The maximum atomic E-state index is 12.7. The third-order valence-electron chi connectivity index (χ3n) is 5.44. The highest BCUT2D eigenvalue weighted by Gasteiger charge is 2.38. The number of nitrogens with zero attached hydrogens (tertiary/aromatic N) is 1. The number of nitrogens with one attached hydrogen (secondary N) is 1. The Kier molecular flexibility index (Phi) is 6.79. The number of carbonyl (C=O) groups excluding carboxylic acids is 2. The Balaban J connectivity index is 1.67. The minimum atomic E-state index is -0.407. The van der Waals surface area contributed by atoms with E-state index in [4.69, 9.17) is 9.47 Å². The predicted octanol–water partition coefficient (Wildman–Crippen LogP) is 3.40. The highest BCUT2D eigenvalue weighted by atomic mass is 32.1. The van der Waals surface area contributed by atoms with Gasteiger partial charge in [-0.05, 0) is 48.4 Å². The van der Waals surface area contributed by atoms with Gasteiger partial charge in [0.25, 0.3) is 0 Å². The van der Waals surface area contributed by atoms with Gasteiger partial charge in [-0.1, -0.05) is 12.1 Å². The van der Waals surface area contributed by atoms with Gasteiger partial charge in [0.1, 0.15) is 0 Å². The van der Waals surface area contributed by atoms with Crippen molar-refractivity contribution in [2.24, 2.45) is 0 Å². The Labute approximate surface area is 175 Å². The van der Waals surface area contributed by atoms with Crippen LogP contribution < -0.4 is 14.8 Å². The van der Waals surface area contributed by atoms with Crippen LogP contribution in [0.25, 0.3) is 0 Å². The molecule has 1 aliphatic heterocycles. The highest BCUT2D eigenvalue weighted by molar-refractivity contribution is 7.09. The van der Waals surface area contributed by atoms with Crippen LogP contribution in [0, 0.1) is 0 Å². The van der Waals surface area contributed by atoms with Crippen molar-refractivity contribution in [1.29, 1.82) is 0 Å². The molecular weight excluding hydrogens is 388 g/mol. The Bertz CT molecular complexity index is 853. The van der Waals surface area contributed by atoms with Gasteiger partial charge in [-0.25, -0.2) is 0 Å². The molecule has 0 aliphatic carbocycles. The fraction of sp³-hybridized carbons (Fsp3) is 0.455. The van der Waals surface area contributed by atoms with Crippen LogP contribution in [0.2, 0.25) is 0 Å². The molecule has 0 bridgehead atoms. The third-order valence-corrected chi connectivity index (χ3v) is 6.30. The van der Waals surface area contributed by atoms with Crippen LogP contribution in [0.3, 0.4) is 0 Å². The predicted molar refractivity (Wildman–Crippen MR) is 113 cm³/mol. The van der Waals surface area contributed by atoms with E-state index < -0.39 is 5.54 Å². The molecule has 0 saturated carbocycles. The molecule has 2 heterocycles. The van der Waals surface area contributed by atoms with E-state index in [9.17, 15) is 9.59 Å². The number of amides is 2. The van der Waals surface area contributed by atoms with Crippen LogP contribution >= 0.6 is 11.3 Å². The summed E-state index contributed by atoms with van der Waals surface area (Å²) in [4.78, 5) is 27.6. The van der Waals surface area contributed by atoms with Crippen molar-refractivity contribution < 1.29 is 19.1 Å². The van der Waals surface area contributed by atoms with Gasteiger partial charge in [-0.2, -0.15) is 0 Å². The molecule has 1 unspecified atom stereocenters. The molecular formula is C22H28N2O4S. The van der Waals surface area contributed by atoms with Crippen molar-refractivity contribution in [3.05, 3.63) is 46.2 Å². The van der Waals surface area contributed by atoms with Gasteiger partial charge in [0.2, 0.25) is 11.8 Å². The van der Waals surface area contributed by atoms with Crippen molar-refractivity contribution in [2.45, 2.75) is 44.2 Å². The molecule has 1 atom stereocenters.